The van der Waals surface area contributed by atoms with E-state index in [1.54, 1.807) is 30.7 Å². The molecule has 0 saturated heterocycles. The van der Waals surface area contributed by atoms with E-state index < -0.39 is 0 Å². The number of nitrogens with zero attached hydrogens (tertiary/aromatic N) is 2. The molecule has 0 aliphatic heterocycles. The van der Waals surface area contributed by atoms with Gasteiger partial charge in [-0.25, -0.2) is 4.98 Å². The average Bonchev–Trinajstić information content (AvgIpc) is 2.29. The number of carbonyl (C=O) groups is 1. The van der Waals surface area contributed by atoms with Gasteiger partial charge < -0.3 is 5.32 Å². The van der Waals surface area contributed by atoms with Crippen molar-refractivity contribution in [2.24, 2.45) is 0 Å². The normalized spacial score (nSPS) is 10.0. The summed E-state index contributed by atoms with van der Waals surface area (Å²) in [6.45, 7) is 1.92. The van der Waals surface area contributed by atoms with Crippen LogP contribution in [0, 0.1) is 6.92 Å². The maximum Gasteiger partial charge on any atom is 0.258 e. The highest BCUT2D eigenvalue weighted by Crippen LogP contribution is 2.15. The lowest BCUT2D eigenvalue weighted by Gasteiger charge is -2.06. The molecule has 0 spiro atoms. The SMILES string of the molecule is Cc1cncc(NC(=O)c2cccnc2Br)c1. The van der Waals surface area contributed by atoms with Gasteiger partial charge in [0.1, 0.15) is 4.60 Å². The maximum atomic E-state index is 11.9. The van der Waals surface area contributed by atoms with Crippen molar-refractivity contribution in [3.05, 3.63) is 52.5 Å². The van der Waals surface area contributed by atoms with Crippen molar-refractivity contribution in [1.82, 2.24) is 9.97 Å². The summed E-state index contributed by atoms with van der Waals surface area (Å²) >= 11 is 3.24. The maximum absolute atomic E-state index is 11.9. The number of anilines is 1. The van der Waals surface area contributed by atoms with Crippen molar-refractivity contribution in [2.45, 2.75) is 6.92 Å². The van der Waals surface area contributed by atoms with Crippen molar-refractivity contribution in [1.29, 1.82) is 0 Å². The lowest BCUT2D eigenvalue weighted by atomic mass is 10.2. The number of aryl methyl sites for hydroxylation is 1. The number of amides is 1. The predicted octanol–water partition coefficient (Wildman–Crippen LogP) is 2.80. The van der Waals surface area contributed by atoms with E-state index in [9.17, 15) is 4.79 Å². The molecule has 17 heavy (non-hydrogen) atoms. The first-order valence-electron chi connectivity index (χ1n) is 5.00. The van der Waals surface area contributed by atoms with Crippen LogP contribution in [0.2, 0.25) is 0 Å². The largest absolute Gasteiger partial charge is 0.320 e. The molecule has 2 heterocycles. The third-order valence-corrected chi connectivity index (χ3v) is 2.77. The smallest absolute Gasteiger partial charge is 0.258 e. The summed E-state index contributed by atoms with van der Waals surface area (Å²) in [5, 5.41) is 2.77. The Morgan fingerprint density at radius 2 is 2.24 bits per heavy atom. The summed E-state index contributed by atoms with van der Waals surface area (Å²) < 4.78 is 0.526. The van der Waals surface area contributed by atoms with E-state index in [1.807, 2.05) is 13.0 Å². The average molecular weight is 292 g/mol. The van der Waals surface area contributed by atoms with Gasteiger partial charge in [-0.15, -0.1) is 0 Å². The van der Waals surface area contributed by atoms with Crippen LogP contribution in [-0.2, 0) is 0 Å². The summed E-state index contributed by atoms with van der Waals surface area (Å²) in [6.07, 6.45) is 4.96. The Morgan fingerprint density at radius 3 is 2.94 bits per heavy atom. The third kappa shape index (κ3) is 2.88. The molecule has 2 aromatic heterocycles. The highest BCUT2D eigenvalue weighted by Gasteiger charge is 2.10. The van der Waals surface area contributed by atoms with Crippen LogP contribution >= 0.6 is 15.9 Å². The fourth-order valence-corrected chi connectivity index (χ4v) is 1.81. The molecule has 0 bridgehead atoms. The van der Waals surface area contributed by atoms with Crippen LogP contribution in [0.4, 0.5) is 5.69 Å². The summed E-state index contributed by atoms with van der Waals surface area (Å²) in [7, 11) is 0. The lowest BCUT2D eigenvalue weighted by molar-refractivity contribution is 0.102. The van der Waals surface area contributed by atoms with Crippen LogP contribution in [0.5, 0.6) is 0 Å². The first-order valence-corrected chi connectivity index (χ1v) is 5.79. The van der Waals surface area contributed by atoms with Gasteiger partial charge in [0.2, 0.25) is 0 Å². The van der Waals surface area contributed by atoms with Crippen molar-refractivity contribution < 1.29 is 4.79 Å². The van der Waals surface area contributed by atoms with Gasteiger partial charge in [-0.3, -0.25) is 9.78 Å². The molecule has 0 aliphatic carbocycles. The Labute approximate surface area is 107 Å². The summed E-state index contributed by atoms with van der Waals surface area (Å²) in [5.41, 5.74) is 2.16. The lowest BCUT2D eigenvalue weighted by Crippen LogP contribution is -2.13. The predicted molar refractivity (Wildman–Crippen MR) is 68.9 cm³/mol. The molecule has 0 unspecified atom stereocenters. The zero-order chi connectivity index (χ0) is 12.3. The molecule has 1 amide bonds. The molecule has 86 valence electrons. The van der Waals surface area contributed by atoms with E-state index in [1.165, 1.54) is 0 Å². The molecule has 2 aromatic rings. The molecule has 4 nitrogen and oxygen atoms in total. The van der Waals surface area contributed by atoms with Crippen LogP contribution in [0.1, 0.15) is 15.9 Å². The van der Waals surface area contributed by atoms with E-state index >= 15 is 0 Å². The van der Waals surface area contributed by atoms with Crippen LogP contribution in [0.25, 0.3) is 0 Å². The number of halogens is 1. The first kappa shape index (κ1) is 11.7. The molecule has 0 aromatic carbocycles. The summed E-state index contributed by atoms with van der Waals surface area (Å²) in [5.74, 6) is -0.211. The zero-order valence-electron chi connectivity index (χ0n) is 9.14. The number of carbonyl (C=O) groups excluding carboxylic acids is 1. The fourth-order valence-electron chi connectivity index (χ4n) is 1.38. The minimum absolute atomic E-state index is 0.211. The molecule has 1 N–H and O–H groups in total. The van der Waals surface area contributed by atoms with Crippen LogP contribution in [-0.4, -0.2) is 15.9 Å². The van der Waals surface area contributed by atoms with E-state index in [0.29, 0.717) is 15.9 Å². The quantitative estimate of drug-likeness (QED) is 0.866. The molecule has 0 aliphatic rings. The van der Waals surface area contributed by atoms with Gasteiger partial charge in [-0.2, -0.15) is 0 Å². The molecule has 0 fully saturated rings. The number of hydrogen-bond acceptors (Lipinski definition) is 3. The van der Waals surface area contributed by atoms with E-state index in [2.05, 4.69) is 31.2 Å². The van der Waals surface area contributed by atoms with Gasteiger partial charge in [-0.1, -0.05) is 0 Å². The topological polar surface area (TPSA) is 54.9 Å². The van der Waals surface area contributed by atoms with Gasteiger partial charge in [0, 0.05) is 12.4 Å². The summed E-state index contributed by atoms with van der Waals surface area (Å²) in [4.78, 5) is 19.9. The van der Waals surface area contributed by atoms with Crippen molar-refractivity contribution in [3.8, 4) is 0 Å². The standard InChI is InChI=1S/C12H10BrN3O/c1-8-5-9(7-14-6-8)16-12(17)10-3-2-4-15-11(10)13/h2-7H,1H3,(H,16,17). The minimum atomic E-state index is -0.211. The van der Waals surface area contributed by atoms with E-state index in [-0.39, 0.29) is 5.91 Å². The minimum Gasteiger partial charge on any atom is -0.320 e. The highest BCUT2D eigenvalue weighted by atomic mass is 79.9. The van der Waals surface area contributed by atoms with E-state index in [0.717, 1.165) is 5.56 Å². The van der Waals surface area contributed by atoms with Gasteiger partial charge in [-0.05, 0) is 46.6 Å². The molecule has 0 radical (unpaired) electrons. The van der Waals surface area contributed by atoms with Gasteiger partial charge in [0.25, 0.3) is 5.91 Å². The van der Waals surface area contributed by atoms with Crippen LogP contribution < -0.4 is 5.32 Å². The molecule has 2 rings (SSSR count). The number of hydrogen-bond donors (Lipinski definition) is 1. The fraction of sp³-hybridized carbons (Fsp3) is 0.0833. The number of aromatic nitrogens is 2. The second-order valence-corrected chi connectivity index (χ2v) is 4.30. The Morgan fingerprint density at radius 1 is 1.41 bits per heavy atom. The Balaban J connectivity index is 2.20. The van der Waals surface area contributed by atoms with E-state index in [4.69, 9.17) is 0 Å². The van der Waals surface area contributed by atoms with Gasteiger partial charge in [0.15, 0.2) is 0 Å². The molecule has 5 heteroatoms. The second-order valence-electron chi connectivity index (χ2n) is 3.55. The molecule has 0 saturated carbocycles. The Kier molecular flexibility index (Phi) is 3.49. The van der Waals surface area contributed by atoms with Gasteiger partial charge in [0.05, 0.1) is 17.4 Å². The van der Waals surface area contributed by atoms with Crippen molar-refractivity contribution >= 4 is 27.5 Å². The van der Waals surface area contributed by atoms with Crippen molar-refractivity contribution in [3.63, 3.8) is 0 Å². The molecular weight excluding hydrogens is 282 g/mol. The Hall–Kier alpha value is -1.75. The van der Waals surface area contributed by atoms with Gasteiger partial charge >= 0.3 is 0 Å². The Bertz CT molecular complexity index is 557. The molecule has 0 atom stereocenters. The van der Waals surface area contributed by atoms with Crippen molar-refractivity contribution in [2.75, 3.05) is 5.32 Å². The van der Waals surface area contributed by atoms with Crippen LogP contribution in [0.15, 0.2) is 41.4 Å². The summed E-state index contributed by atoms with van der Waals surface area (Å²) in [6, 6.07) is 5.28. The number of nitrogens with one attached hydrogen (secondary N) is 1. The number of rotatable bonds is 2. The second kappa shape index (κ2) is 5.05. The number of pyridine rings is 2. The monoisotopic (exact) mass is 291 g/mol. The highest BCUT2D eigenvalue weighted by molar-refractivity contribution is 9.10. The third-order valence-electron chi connectivity index (χ3n) is 2.14. The first-order chi connectivity index (χ1) is 8.16. The molecular formula is C12H10BrN3O. The zero-order valence-corrected chi connectivity index (χ0v) is 10.7. The van der Waals surface area contributed by atoms with Crippen LogP contribution in [0.3, 0.4) is 0 Å².